The second kappa shape index (κ2) is 3.45. The molecule has 2 heteroatoms. The molecule has 1 aromatic carbocycles. The topological polar surface area (TPSA) is 17.8 Å². The van der Waals surface area contributed by atoms with Gasteiger partial charge in [0.1, 0.15) is 0 Å². The van der Waals surface area contributed by atoms with Crippen LogP contribution in [0.15, 0.2) is 24.4 Å². The van der Waals surface area contributed by atoms with E-state index in [1.165, 1.54) is 16.5 Å². The van der Waals surface area contributed by atoms with Gasteiger partial charge in [0.05, 0.1) is 11.7 Å². The van der Waals surface area contributed by atoms with Gasteiger partial charge in [-0.05, 0) is 30.0 Å². The Labute approximate surface area is 84.5 Å². The van der Waals surface area contributed by atoms with Gasteiger partial charge in [0.2, 0.25) is 0 Å². The van der Waals surface area contributed by atoms with Gasteiger partial charge in [-0.25, -0.2) is 0 Å². The molecule has 0 fully saturated rings. The lowest BCUT2D eigenvalue weighted by Crippen LogP contribution is -1.94. The highest BCUT2D eigenvalue weighted by Crippen LogP contribution is 2.17. The largest absolute Gasteiger partial charge is 0.268 e. The first-order chi connectivity index (χ1) is 6.66. The lowest BCUT2D eigenvalue weighted by molar-refractivity contribution is 0.648. The van der Waals surface area contributed by atoms with E-state index in [9.17, 15) is 0 Å². The number of hydrogen-bond donors (Lipinski definition) is 0. The predicted molar refractivity (Wildman–Crippen MR) is 59.3 cm³/mol. The average molecular weight is 188 g/mol. The molecular weight excluding hydrogens is 172 g/mol. The molecule has 0 amide bonds. The molecular formula is C12H16N2. The lowest BCUT2D eigenvalue weighted by atomic mass is 10.0. The quantitative estimate of drug-likeness (QED) is 0.708. The molecule has 74 valence electrons. The number of nitrogens with zero attached hydrogens (tertiary/aromatic N) is 2. The van der Waals surface area contributed by atoms with Crippen LogP contribution in [0.1, 0.15) is 19.4 Å². The van der Waals surface area contributed by atoms with Gasteiger partial charge in [0, 0.05) is 12.4 Å². The van der Waals surface area contributed by atoms with Crippen LogP contribution in [-0.4, -0.2) is 9.78 Å². The second-order valence-electron chi connectivity index (χ2n) is 4.26. The van der Waals surface area contributed by atoms with Gasteiger partial charge in [-0.2, -0.15) is 5.10 Å². The molecule has 0 aliphatic heterocycles. The summed E-state index contributed by atoms with van der Waals surface area (Å²) >= 11 is 0. The maximum Gasteiger partial charge on any atom is 0.0679 e. The first kappa shape index (κ1) is 9.25. The summed E-state index contributed by atoms with van der Waals surface area (Å²) in [7, 11) is 1.98. The molecule has 0 aliphatic rings. The van der Waals surface area contributed by atoms with Crippen molar-refractivity contribution >= 4 is 10.9 Å². The smallest absolute Gasteiger partial charge is 0.0679 e. The third-order valence-electron chi connectivity index (χ3n) is 2.45. The standard InChI is InChI=1S/C12H16N2/c1-9(2)6-10-4-5-12-11(7-10)8-13-14(12)3/h4-5,7-9H,6H2,1-3H3. The zero-order valence-corrected chi connectivity index (χ0v) is 8.99. The van der Waals surface area contributed by atoms with Crippen LogP contribution in [0.3, 0.4) is 0 Å². The van der Waals surface area contributed by atoms with E-state index in [0.29, 0.717) is 5.92 Å². The third-order valence-corrected chi connectivity index (χ3v) is 2.45. The van der Waals surface area contributed by atoms with E-state index in [2.05, 4.69) is 37.1 Å². The summed E-state index contributed by atoms with van der Waals surface area (Å²) in [4.78, 5) is 0. The first-order valence-electron chi connectivity index (χ1n) is 5.07. The van der Waals surface area contributed by atoms with Crippen LogP contribution in [0.5, 0.6) is 0 Å². The van der Waals surface area contributed by atoms with Crippen molar-refractivity contribution in [1.29, 1.82) is 0 Å². The van der Waals surface area contributed by atoms with Crippen molar-refractivity contribution in [3.05, 3.63) is 30.0 Å². The molecule has 0 saturated heterocycles. The monoisotopic (exact) mass is 188 g/mol. The number of rotatable bonds is 2. The number of fused-ring (bicyclic) bond motifs is 1. The number of hydrogen-bond acceptors (Lipinski definition) is 1. The summed E-state index contributed by atoms with van der Waals surface area (Å²) in [5.41, 5.74) is 2.61. The number of aromatic nitrogens is 2. The molecule has 0 spiro atoms. The Morgan fingerprint density at radius 3 is 2.86 bits per heavy atom. The zero-order chi connectivity index (χ0) is 10.1. The minimum atomic E-state index is 0.712. The molecule has 2 nitrogen and oxygen atoms in total. The Morgan fingerprint density at radius 2 is 2.14 bits per heavy atom. The fourth-order valence-electron chi connectivity index (χ4n) is 1.81. The van der Waals surface area contributed by atoms with Gasteiger partial charge in [0.25, 0.3) is 0 Å². The van der Waals surface area contributed by atoms with Gasteiger partial charge in [-0.1, -0.05) is 19.9 Å². The van der Waals surface area contributed by atoms with E-state index in [1.807, 2.05) is 17.9 Å². The number of benzene rings is 1. The lowest BCUT2D eigenvalue weighted by Gasteiger charge is -2.04. The second-order valence-corrected chi connectivity index (χ2v) is 4.26. The highest BCUT2D eigenvalue weighted by atomic mass is 15.2. The number of aryl methyl sites for hydroxylation is 1. The molecule has 1 aromatic heterocycles. The van der Waals surface area contributed by atoms with Crippen LogP contribution < -0.4 is 0 Å². The average Bonchev–Trinajstić information content (AvgIpc) is 2.46. The van der Waals surface area contributed by atoms with Crippen LogP contribution in [0.4, 0.5) is 0 Å². The molecule has 0 saturated carbocycles. The fourth-order valence-corrected chi connectivity index (χ4v) is 1.81. The molecule has 0 atom stereocenters. The summed E-state index contributed by atoms with van der Waals surface area (Å²) < 4.78 is 1.91. The predicted octanol–water partition coefficient (Wildman–Crippen LogP) is 2.77. The van der Waals surface area contributed by atoms with Crippen molar-refractivity contribution in [3.63, 3.8) is 0 Å². The van der Waals surface area contributed by atoms with Crippen LogP contribution in [-0.2, 0) is 13.5 Å². The van der Waals surface area contributed by atoms with Crippen molar-refractivity contribution < 1.29 is 0 Å². The Bertz CT molecular complexity index is 441. The van der Waals surface area contributed by atoms with Crippen LogP contribution in [0.2, 0.25) is 0 Å². The molecule has 0 unspecified atom stereocenters. The molecule has 2 rings (SSSR count). The van der Waals surface area contributed by atoms with Crippen molar-refractivity contribution in [3.8, 4) is 0 Å². The minimum absolute atomic E-state index is 0.712. The van der Waals surface area contributed by atoms with E-state index in [-0.39, 0.29) is 0 Å². The minimum Gasteiger partial charge on any atom is -0.268 e. The van der Waals surface area contributed by atoms with Crippen molar-refractivity contribution in [2.45, 2.75) is 20.3 Å². The van der Waals surface area contributed by atoms with E-state index in [1.54, 1.807) is 0 Å². The maximum absolute atomic E-state index is 4.23. The summed E-state index contributed by atoms with van der Waals surface area (Å²) in [5.74, 6) is 0.712. The van der Waals surface area contributed by atoms with Gasteiger partial charge in [-0.15, -0.1) is 0 Å². The molecule has 2 aromatic rings. The molecule has 0 N–H and O–H groups in total. The van der Waals surface area contributed by atoms with E-state index in [4.69, 9.17) is 0 Å². The molecule has 0 bridgehead atoms. The third kappa shape index (κ3) is 1.65. The van der Waals surface area contributed by atoms with Gasteiger partial charge >= 0.3 is 0 Å². The summed E-state index contributed by atoms with van der Waals surface area (Å²) in [6, 6.07) is 6.59. The van der Waals surface area contributed by atoms with Crippen LogP contribution >= 0.6 is 0 Å². The SMILES string of the molecule is CC(C)Cc1ccc2c(cnn2C)c1. The van der Waals surface area contributed by atoms with Crippen molar-refractivity contribution in [2.75, 3.05) is 0 Å². The molecule has 0 radical (unpaired) electrons. The van der Waals surface area contributed by atoms with Gasteiger partial charge in [-0.3, -0.25) is 4.68 Å². The zero-order valence-electron chi connectivity index (χ0n) is 8.99. The normalized spacial score (nSPS) is 11.4. The van der Waals surface area contributed by atoms with Gasteiger partial charge < -0.3 is 0 Å². The summed E-state index contributed by atoms with van der Waals surface area (Å²) in [6.07, 6.45) is 3.07. The summed E-state index contributed by atoms with van der Waals surface area (Å²) in [6.45, 7) is 4.49. The Hall–Kier alpha value is -1.31. The first-order valence-corrected chi connectivity index (χ1v) is 5.07. The van der Waals surface area contributed by atoms with Crippen LogP contribution in [0.25, 0.3) is 10.9 Å². The fraction of sp³-hybridized carbons (Fsp3) is 0.417. The Kier molecular flexibility index (Phi) is 2.28. The van der Waals surface area contributed by atoms with Crippen molar-refractivity contribution in [2.24, 2.45) is 13.0 Å². The van der Waals surface area contributed by atoms with E-state index in [0.717, 1.165) is 6.42 Å². The Morgan fingerprint density at radius 1 is 1.36 bits per heavy atom. The van der Waals surface area contributed by atoms with E-state index >= 15 is 0 Å². The molecule has 14 heavy (non-hydrogen) atoms. The van der Waals surface area contributed by atoms with Crippen molar-refractivity contribution in [1.82, 2.24) is 9.78 Å². The molecule has 1 heterocycles. The molecule has 0 aliphatic carbocycles. The van der Waals surface area contributed by atoms with Crippen LogP contribution in [0, 0.1) is 5.92 Å². The van der Waals surface area contributed by atoms with E-state index < -0.39 is 0 Å². The highest BCUT2D eigenvalue weighted by Gasteiger charge is 2.02. The summed E-state index contributed by atoms with van der Waals surface area (Å²) in [5, 5.41) is 5.47. The maximum atomic E-state index is 4.23. The highest BCUT2D eigenvalue weighted by molar-refractivity contribution is 5.79. The Balaban J connectivity index is 2.42. The van der Waals surface area contributed by atoms with Gasteiger partial charge in [0.15, 0.2) is 0 Å².